The Morgan fingerprint density at radius 3 is 3.18 bits per heavy atom. The number of nitrogens with zero attached hydrogens (tertiary/aromatic N) is 4. The van der Waals surface area contributed by atoms with Crippen molar-refractivity contribution in [1.29, 1.82) is 0 Å². The van der Waals surface area contributed by atoms with Gasteiger partial charge in [0.1, 0.15) is 0 Å². The molecule has 1 aromatic heterocycles. The average Bonchev–Trinajstić information content (AvgIpc) is 2.93. The van der Waals surface area contributed by atoms with Crippen molar-refractivity contribution in [2.75, 3.05) is 6.61 Å². The van der Waals surface area contributed by atoms with E-state index in [4.69, 9.17) is 9.84 Å². The molecule has 2 heterocycles. The molecule has 0 spiro atoms. The van der Waals surface area contributed by atoms with Gasteiger partial charge in [-0.2, -0.15) is 0 Å². The molecule has 1 aliphatic heterocycles. The molecule has 2 rings (SSSR count). The van der Waals surface area contributed by atoms with Gasteiger partial charge in [0.15, 0.2) is 5.82 Å². The number of hydrogen-bond acceptors (Lipinski definition) is 5. The van der Waals surface area contributed by atoms with Crippen LogP contribution in [0.15, 0.2) is 0 Å². The van der Waals surface area contributed by atoms with Crippen LogP contribution in [0.3, 0.4) is 0 Å². The molecule has 1 aliphatic rings. The maximum Gasteiger partial charge on any atom is 0.305 e. The first-order valence-electron chi connectivity index (χ1n) is 5.81. The van der Waals surface area contributed by atoms with Gasteiger partial charge in [0.05, 0.1) is 19.1 Å². The number of ether oxygens (including phenoxy) is 1. The minimum atomic E-state index is -0.846. The first-order chi connectivity index (χ1) is 8.22. The summed E-state index contributed by atoms with van der Waals surface area (Å²) in [5.41, 5.74) is 0. The average molecular weight is 240 g/mol. The first kappa shape index (κ1) is 12.0. The Labute approximate surface area is 98.8 Å². The molecule has 1 aromatic rings. The molecule has 2 atom stereocenters. The second-order valence-corrected chi connectivity index (χ2v) is 4.12. The van der Waals surface area contributed by atoms with Crippen molar-refractivity contribution >= 4 is 5.97 Å². The summed E-state index contributed by atoms with van der Waals surface area (Å²) < 4.78 is 7.17. The van der Waals surface area contributed by atoms with E-state index in [1.807, 2.05) is 0 Å². The Kier molecular flexibility index (Phi) is 3.68. The predicted octanol–water partition coefficient (Wildman–Crippen LogP) is 0.430. The topological polar surface area (TPSA) is 90.1 Å². The van der Waals surface area contributed by atoms with Crippen molar-refractivity contribution < 1.29 is 14.6 Å². The van der Waals surface area contributed by atoms with E-state index in [0.717, 1.165) is 25.3 Å². The number of carboxylic acids is 1. The van der Waals surface area contributed by atoms with Crippen LogP contribution in [0.25, 0.3) is 0 Å². The van der Waals surface area contributed by atoms with Gasteiger partial charge in [0, 0.05) is 12.5 Å². The molecule has 94 valence electrons. The van der Waals surface area contributed by atoms with Gasteiger partial charge in [-0.3, -0.25) is 4.79 Å². The summed E-state index contributed by atoms with van der Waals surface area (Å²) in [5, 5.41) is 20.1. The van der Waals surface area contributed by atoms with Crippen molar-refractivity contribution in [3.63, 3.8) is 0 Å². The van der Waals surface area contributed by atoms with E-state index in [-0.39, 0.29) is 18.4 Å². The number of rotatable bonds is 5. The molecule has 1 fully saturated rings. The van der Waals surface area contributed by atoms with Gasteiger partial charge < -0.3 is 9.84 Å². The third-order valence-corrected chi connectivity index (χ3v) is 3.04. The van der Waals surface area contributed by atoms with Crippen molar-refractivity contribution in [2.45, 2.75) is 44.8 Å². The lowest BCUT2D eigenvalue weighted by Crippen LogP contribution is -2.19. The Morgan fingerprint density at radius 1 is 1.65 bits per heavy atom. The number of aryl methyl sites for hydroxylation is 1. The molecule has 7 heteroatoms. The van der Waals surface area contributed by atoms with Gasteiger partial charge in [0.2, 0.25) is 0 Å². The molecule has 0 aliphatic carbocycles. The quantitative estimate of drug-likeness (QED) is 0.802. The van der Waals surface area contributed by atoms with Gasteiger partial charge in [-0.15, -0.1) is 5.10 Å². The van der Waals surface area contributed by atoms with Crippen LogP contribution in [0.5, 0.6) is 0 Å². The van der Waals surface area contributed by atoms with Gasteiger partial charge in [-0.05, 0) is 23.3 Å². The van der Waals surface area contributed by atoms with E-state index < -0.39 is 5.97 Å². The molecule has 0 radical (unpaired) electrons. The minimum absolute atomic E-state index is 0.0302. The monoisotopic (exact) mass is 240 g/mol. The van der Waals surface area contributed by atoms with E-state index in [9.17, 15) is 4.79 Å². The highest BCUT2D eigenvalue weighted by Crippen LogP contribution is 2.31. The van der Waals surface area contributed by atoms with Crippen LogP contribution >= 0.6 is 0 Å². The number of hydrogen-bond donors (Lipinski definition) is 1. The molecule has 0 aromatic carbocycles. The molecule has 0 amide bonds. The summed E-state index contributed by atoms with van der Waals surface area (Å²) in [7, 11) is 0. The zero-order valence-electron chi connectivity index (χ0n) is 9.74. The third kappa shape index (κ3) is 2.60. The van der Waals surface area contributed by atoms with E-state index in [1.54, 1.807) is 4.68 Å². The van der Waals surface area contributed by atoms with Crippen LogP contribution in [0, 0.1) is 0 Å². The lowest BCUT2D eigenvalue weighted by atomic mass is 9.99. The van der Waals surface area contributed by atoms with Crippen LogP contribution in [0.4, 0.5) is 0 Å². The second kappa shape index (κ2) is 5.22. The molecular weight excluding hydrogens is 224 g/mol. The fraction of sp³-hybridized carbons (Fsp3) is 0.800. The van der Waals surface area contributed by atoms with Crippen LogP contribution in [0.1, 0.15) is 37.9 Å². The Balaban J connectivity index is 2.09. The maximum atomic E-state index is 10.5. The number of aromatic nitrogens is 4. The third-order valence-electron chi connectivity index (χ3n) is 3.04. The summed E-state index contributed by atoms with van der Waals surface area (Å²) in [6.07, 6.45) is 1.98. The summed E-state index contributed by atoms with van der Waals surface area (Å²) in [6.45, 7) is 3.09. The summed E-state index contributed by atoms with van der Waals surface area (Å²) in [6, 6.07) is 0. The normalized spacial score (nSPS) is 24.1. The molecule has 7 nitrogen and oxygen atoms in total. The highest BCUT2D eigenvalue weighted by Gasteiger charge is 2.32. The Morgan fingerprint density at radius 2 is 2.47 bits per heavy atom. The largest absolute Gasteiger partial charge is 0.481 e. The van der Waals surface area contributed by atoms with Crippen molar-refractivity contribution in [3.05, 3.63) is 5.82 Å². The zero-order chi connectivity index (χ0) is 12.3. The Hall–Kier alpha value is -1.50. The highest BCUT2D eigenvalue weighted by molar-refractivity contribution is 5.66. The number of tetrazole rings is 1. The number of carboxylic acid groups (broad SMARTS) is 1. The molecule has 1 saturated heterocycles. The highest BCUT2D eigenvalue weighted by atomic mass is 16.5. The van der Waals surface area contributed by atoms with Gasteiger partial charge >= 0.3 is 5.97 Å². The van der Waals surface area contributed by atoms with E-state index in [2.05, 4.69) is 22.4 Å². The smallest absolute Gasteiger partial charge is 0.305 e. The molecular formula is C10H16N4O3. The van der Waals surface area contributed by atoms with E-state index >= 15 is 0 Å². The second-order valence-electron chi connectivity index (χ2n) is 4.12. The van der Waals surface area contributed by atoms with E-state index in [1.165, 1.54) is 0 Å². The summed E-state index contributed by atoms with van der Waals surface area (Å²) in [5.74, 6) is 0.0839. The minimum Gasteiger partial charge on any atom is -0.481 e. The molecule has 0 saturated carbocycles. The number of aliphatic carboxylic acids is 1. The lowest BCUT2D eigenvalue weighted by molar-refractivity contribution is -0.137. The van der Waals surface area contributed by atoms with Gasteiger partial charge in [-0.1, -0.05) is 6.92 Å². The maximum absolute atomic E-state index is 10.5. The van der Waals surface area contributed by atoms with Crippen molar-refractivity contribution in [2.24, 2.45) is 0 Å². The number of carbonyl (C=O) groups is 1. The molecule has 0 bridgehead atoms. The predicted molar refractivity (Wildman–Crippen MR) is 57.5 cm³/mol. The Bertz CT molecular complexity index is 393. The van der Waals surface area contributed by atoms with Crippen LogP contribution in [-0.2, 0) is 16.1 Å². The van der Waals surface area contributed by atoms with Gasteiger partial charge in [-0.25, -0.2) is 4.68 Å². The summed E-state index contributed by atoms with van der Waals surface area (Å²) >= 11 is 0. The standard InChI is InChI=1S/C10H16N4O3/c1-2-8-7(4-6-17-8)10-11-12-13-14(10)5-3-9(15)16/h7-8H,2-6H2,1H3,(H,15,16). The lowest BCUT2D eigenvalue weighted by Gasteiger charge is -2.15. The molecule has 17 heavy (non-hydrogen) atoms. The van der Waals surface area contributed by atoms with Crippen molar-refractivity contribution in [3.8, 4) is 0 Å². The van der Waals surface area contributed by atoms with Crippen LogP contribution in [0.2, 0.25) is 0 Å². The van der Waals surface area contributed by atoms with E-state index in [0.29, 0.717) is 6.54 Å². The SMILES string of the molecule is CCC1OCCC1c1nnnn1CCC(=O)O. The van der Waals surface area contributed by atoms with Crippen LogP contribution in [-0.4, -0.2) is 44.0 Å². The fourth-order valence-electron chi connectivity index (χ4n) is 2.18. The van der Waals surface area contributed by atoms with Crippen LogP contribution < -0.4 is 0 Å². The first-order valence-corrected chi connectivity index (χ1v) is 5.81. The molecule has 2 unspecified atom stereocenters. The summed E-state index contributed by atoms with van der Waals surface area (Å²) in [4.78, 5) is 10.5. The van der Waals surface area contributed by atoms with Gasteiger partial charge in [0.25, 0.3) is 0 Å². The fourth-order valence-corrected chi connectivity index (χ4v) is 2.18. The van der Waals surface area contributed by atoms with Crippen molar-refractivity contribution in [1.82, 2.24) is 20.2 Å². The molecule has 1 N–H and O–H groups in total. The zero-order valence-corrected chi connectivity index (χ0v) is 9.74.